The molecule has 0 saturated carbocycles. The van der Waals surface area contributed by atoms with Gasteiger partial charge in [0.2, 0.25) is 0 Å². The van der Waals surface area contributed by atoms with E-state index in [0.717, 1.165) is 24.4 Å². The van der Waals surface area contributed by atoms with E-state index < -0.39 is 0 Å². The van der Waals surface area contributed by atoms with Crippen LogP contribution in [0.2, 0.25) is 0 Å². The summed E-state index contributed by atoms with van der Waals surface area (Å²) in [6, 6.07) is 4.09. The molecule has 3 heterocycles. The highest BCUT2D eigenvalue weighted by Crippen LogP contribution is 2.18. The van der Waals surface area contributed by atoms with Gasteiger partial charge in [0.15, 0.2) is 0 Å². The van der Waals surface area contributed by atoms with Gasteiger partial charge in [-0.2, -0.15) is 0 Å². The molecular formula is C14H14N4O2S. The van der Waals surface area contributed by atoms with Crippen molar-refractivity contribution in [3.63, 3.8) is 0 Å². The van der Waals surface area contributed by atoms with Gasteiger partial charge in [-0.25, -0.2) is 9.36 Å². The molecule has 3 aromatic rings. The van der Waals surface area contributed by atoms with Gasteiger partial charge < -0.3 is 9.67 Å². The first kappa shape index (κ1) is 14.9. The van der Waals surface area contributed by atoms with Gasteiger partial charge in [0, 0.05) is 42.3 Å². The van der Waals surface area contributed by atoms with Crippen LogP contribution in [-0.4, -0.2) is 30.5 Å². The minimum Gasteiger partial charge on any atom is -0.483 e. The lowest BCUT2D eigenvalue weighted by Crippen LogP contribution is -2.02. The number of aryl methyl sites for hydroxylation is 2. The Hall–Kier alpha value is -2.54. The van der Waals surface area contributed by atoms with Crippen LogP contribution in [0.3, 0.4) is 0 Å². The van der Waals surface area contributed by atoms with E-state index >= 15 is 0 Å². The molecule has 0 fully saturated rings. The molecule has 0 bridgehead atoms. The maximum atomic E-state index is 8.36. The molecule has 3 aromatic heterocycles. The largest absolute Gasteiger partial charge is 0.483 e. The van der Waals surface area contributed by atoms with Crippen LogP contribution < -0.4 is 0 Å². The molecule has 0 saturated heterocycles. The van der Waals surface area contributed by atoms with E-state index in [1.165, 1.54) is 17.1 Å². The number of pyridine rings is 1. The fraction of sp³-hybridized carbons (Fsp3) is 0.143. The summed E-state index contributed by atoms with van der Waals surface area (Å²) in [6.45, 7) is 0.662. The molecule has 0 radical (unpaired) electrons. The van der Waals surface area contributed by atoms with Crippen molar-refractivity contribution in [2.75, 3.05) is 0 Å². The number of nitrogens with zero attached hydrogens (tertiary/aromatic N) is 4. The highest BCUT2D eigenvalue weighted by molar-refractivity contribution is 7.03. The van der Waals surface area contributed by atoms with Crippen molar-refractivity contribution in [2.45, 2.75) is 13.0 Å². The van der Waals surface area contributed by atoms with E-state index in [-0.39, 0.29) is 6.47 Å². The first-order valence-electron chi connectivity index (χ1n) is 6.22. The van der Waals surface area contributed by atoms with Gasteiger partial charge in [-0.3, -0.25) is 9.78 Å². The number of rotatable bonds is 4. The highest BCUT2D eigenvalue weighted by Gasteiger charge is 2.06. The van der Waals surface area contributed by atoms with E-state index in [1.807, 2.05) is 48.5 Å². The van der Waals surface area contributed by atoms with Gasteiger partial charge >= 0.3 is 0 Å². The quantitative estimate of drug-likeness (QED) is 0.748. The zero-order valence-electron chi connectivity index (χ0n) is 11.2. The summed E-state index contributed by atoms with van der Waals surface area (Å²) in [5.74, 6) is 0.984. The standard InChI is InChI=1S/C13H12N4S.CH2O2/c1-4-14-5-2-11(1)3-7-17-8-6-15-13(17)12-9-16-18-10-12;2-1-3/h1-2,4-6,8-10H,3,7H2;1H,(H,2,3). The molecular weight excluding hydrogens is 288 g/mol. The van der Waals surface area contributed by atoms with Crippen LogP contribution in [0.1, 0.15) is 5.56 Å². The van der Waals surface area contributed by atoms with Crippen molar-refractivity contribution >= 4 is 18.0 Å². The summed E-state index contributed by atoms with van der Waals surface area (Å²) in [5, 5.41) is 8.91. The third-order valence-electron chi connectivity index (χ3n) is 2.80. The Morgan fingerprint density at radius 2 is 2.05 bits per heavy atom. The molecule has 6 nitrogen and oxygen atoms in total. The monoisotopic (exact) mass is 302 g/mol. The van der Waals surface area contributed by atoms with Crippen molar-refractivity contribution in [3.8, 4) is 11.4 Å². The SMILES string of the molecule is O=CO.c1cc(CCn2ccnc2-c2cnsc2)ccn1. The normalized spacial score (nSPS) is 9.71. The minimum absolute atomic E-state index is 0.250. The Morgan fingerprint density at radius 1 is 1.29 bits per heavy atom. The Labute approximate surface area is 125 Å². The molecule has 0 aliphatic rings. The molecule has 3 rings (SSSR count). The lowest BCUT2D eigenvalue weighted by molar-refractivity contribution is -0.122. The van der Waals surface area contributed by atoms with Gasteiger partial charge in [0.1, 0.15) is 5.82 Å². The lowest BCUT2D eigenvalue weighted by atomic mass is 10.2. The van der Waals surface area contributed by atoms with E-state index in [2.05, 4.69) is 18.9 Å². The van der Waals surface area contributed by atoms with Crippen LogP contribution in [0.25, 0.3) is 11.4 Å². The number of aromatic nitrogens is 4. The maximum absolute atomic E-state index is 8.36. The van der Waals surface area contributed by atoms with Crippen LogP contribution in [0.4, 0.5) is 0 Å². The van der Waals surface area contributed by atoms with E-state index in [9.17, 15) is 0 Å². The third-order valence-corrected chi connectivity index (χ3v) is 3.38. The second-order valence-electron chi connectivity index (χ2n) is 4.07. The van der Waals surface area contributed by atoms with E-state index in [1.54, 1.807) is 0 Å². The summed E-state index contributed by atoms with van der Waals surface area (Å²) in [7, 11) is 0. The summed E-state index contributed by atoms with van der Waals surface area (Å²) >= 11 is 1.45. The molecule has 0 aliphatic carbocycles. The molecule has 0 spiro atoms. The average Bonchev–Trinajstić information content (AvgIpc) is 3.18. The van der Waals surface area contributed by atoms with E-state index in [4.69, 9.17) is 9.90 Å². The molecule has 0 aromatic carbocycles. The number of carboxylic acid groups (broad SMARTS) is 1. The predicted molar refractivity (Wildman–Crippen MR) is 80.0 cm³/mol. The molecule has 7 heteroatoms. The summed E-state index contributed by atoms with van der Waals surface area (Å²) in [4.78, 5) is 16.8. The van der Waals surface area contributed by atoms with Crippen molar-refractivity contribution in [1.82, 2.24) is 18.9 Å². The van der Waals surface area contributed by atoms with Crippen molar-refractivity contribution in [3.05, 3.63) is 54.1 Å². The van der Waals surface area contributed by atoms with Crippen molar-refractivity contribution < 1.29 is 9.90 Å². The fourth-order valence-corrected chi connectivity index (χ4v) is 2.38. The van der Waals surface area contributed by atoms with Gasteiger partial charge in [-0.05, 0) is 35.6 Å². The van der Waals surface area contributed by atoms with Crippen LogP contribution in [0.5, 0.6) is 0 Å². The highest BCUT2D eigenvalue weighted by atomic mass is 32.1. The second kappa shape index (κ2) is 7.91. The Bertz CT molecular complexity index is 653. The second-order valence-corrected chi connectivity index (χ2v) is 4.73. The summed E-state index contributed by atoms with van der Waals surface area (Å²) in [6.07, 6.45) is 10.3. The van der Waals surface area contributed by atoms with Crippen LogP contribution in [-0.2, 0) is 17.8 Å². The topological polar surface area (TPSA) is 80.9 Å². The van der Waals surface area contributed by atoms with Crippen molar-refractivity contribution in [2.24, 2.45) is 0 Å². The Kier molecular flexibility index (Phi) is 5.60. The Morgan fingerprint density at radius 3 is 2.71 bits per heavy atom. The van der Waals surface area contributed by atoms with Gasteiger partial charge in [-0.15, -0.1) is 0 Å². The zero-order chi connectivity index (χ0) is 14.9. The van der Waals surface area contributed by atoms with Crippen LogP contribution in [0, 0.1) is 0 Å². The maximum Gasteiger partial charge on any atom is 0.290 e. The molecule has 108 valence electrons. The summed E-state index contributed by atoms with van der Waals surface area (Å²) < 4.78 is 6.27. The number of imidazole rings is 1. The van der Waals surface area contributed by atoms with Gasteiger partial charge in [0.05, 0.1) is 6.20 Å². The minimum atomic E-state index is -0.250. The molecule has 1 N–H and O–H groups in total. The summed E-state index contributed by atoms with van der Waals surface area (Å²) in [5.41, 5.74) is 2.37. The predicted octanol–water partition coefficient (Wildman–Crippen LogP) is 2.35. The molecule has 0 atom stereocenters. The smallest absolute Gasteiger partial charge is 0.290 e. The third kappa shape index (κ3) is 4.22. The zero-order valence-corrected chi connectivity index (χ0v) is 12.0. The van der Waals surface area contributed by atoms with E-state index in [0.29, 0.717) is 0 Å². The molecule has 21 heavy (non-hydrogen) atoms. The van der Waals surface area contributed by atoms with Crippen molar-refractivity contribution in [1.29, 1.82) is 0 Å². The number of carbonyl (C=O) groups is 1. The van der Waals surface area contributed by atoms with Gasteiger partial charge in [-0.1, -0.05) is 0 Å². The first-order chi connectivity index (χ1) is 10.3. The average molecular weight is 302 g/mol. The number of hydrogen-bond acceptors (Lipinski definition) is 5. The fourth-order valence-electron chi connectivity index (χ4n) is 1.86. The molecule has 0 amide bonds. The number of hydrogen-bond donors (Lipinski definition) is 1. The first-order valence-corrected chi connectivity index (χ1v) is 7.06. The molecule has 0 unspecified atom stereocenters. The Balaban J connectivity index is 0.000000497. The lowest BCUT2D eigenvalue weighted by Gasteiger charge is -2.06. The van der Waals surface area contributed by atoms with Crippen LogP contribution in [0.15, 0.2) is 48.5 Å². The van der Waals surface area contributed by atoms with Crippen LogP contribution >= 0.6 is 11.5 Å². The van der Waals surface area contributed by atoms with Gasteiger partial charge in [0.25, 0.3) is 6.47 Å². The molecule has 0 aliphatic heterocycles.